The van der Waals surface area contributed by atoms with E-state index in [1.807, 2.05) is 49.3 Å². The molecule has 0 unspecified atom stereocenters. The molecule has 3 nitrogen and oxygen atoms in total. The van der Waals surface area contributed by atoms with E-state index in [2.05, 4.69) is 24.1 Å². The van der Waals surface area contributed by atoms with Crippen LogP contribution in [0.3, 0.4) is 0 Å². The Balaban J connectivity index is 2.46. The number of para-hydroxylation sites is 1. The number of amides is 1. The van der Waals surface area contributed by atoms with E-state index >= 15 is 0 Å². The molecule has 0 fully saturated rings. The fraction of sp³-hybridized carbons (Fsp3) is 0.389. The topological polar surface area (TPSA) is 23.6 Å². The molecular formula is C18H24N2O. The first-order chi connectivity index (χ1) is 10.1. The second kappa shape index (κ2) is 6.27. The normalized spacial score (nSPS) is 16.1. The van der Waals surface area contributed by atoms with Gasteiger partial charge in [0, 0.05) is 18.8 Å². The molecule has 0 saturated carbocycles. The molecule has 1 aromatic rings. The molecule has 0 aliphatic carbocycles. The Bertz CT molecular complexity index is 538. The van der Waals surface area contributed by atoms with Crippen molar-refractivity contribution >= 4 is 11.6 Å². The first-order valence-electron chi connectivity index (χ1n) is 7.35. The zero-order chi connectivity index (χ0) is 15.5. The van der Waals surface area contributed by atoms with Gasteiger partial charge in [-0.15, -0.1) is 13.2 Å². The maximum atomic E-state index is 13.1. The van der Waals surface area contributed by atoms with Gasteiger partial charge in [0.2, 0.25) is 5.91 Å². The van der Waals surface area contributed by atoms with E-state index in [9.17, 15) is 4.79 Å². The molecule has 21 heavy (non-hydrogen) atoms. The lowest BCUT2D eigenvalue weighted by Gasteiger charge is -2.27. The highest BCUT2D eigenvalue weighted by atomic mass is 16.2. The summed E-state index contributed by atoms with van der Waals surface area (Å²) >= 11 is 0. The van der Waals surface area contributed by atoms with Crippen LogP contribution in [0.2, 0.25) is 0 Å². The molecule has 1 amide bonds. The lowest BCUT2D eigenvalue weighted by atomic mass is 9.76. The zero-order valence-corrected chi connectivity index (χ0v) is 13.0. The van der Waals surface area contributed by atoms with Crippen LogP contribution in [0.25, 0.3) is 0 Å². The number of fused-ring (bicyclic) bond motifs is 1. The van der Waals surface area contributed by atoms with Crippen LogP contribution in [0.15, 0.2) is 49.6 Å². The second-order valence-corrected chi connectivity index (χ2v) is 5.84. The van der Waals surface area contributed by atoms with Crippen LogP contribution in [0.5, 0.6) is 0 Å². The summed E-state index contributed by atoms with van der Waals surface area (Å²) in [5.41, 5.74) is 1.62. The third kappa shape index (κ3) is 2.66. The van der Waals surface area contributed by atoms with Gasteiger partial charge in [0.15, 0.2) is 0 Å². The predicted molar refractivity (Wildman–Crippen MR) is 88.7 cm³/mol. The maximum Gasteiger partial charge on any atom is 0.238 e. The zero-order valence-electron chi connectivity index (χ0n) is 13.0. The van der Waals surface area contributed by atoms with Gasteiger partial charge in [-0.2, -0.15) is 0 Å². The number of carbonyl (C=O) groups is 1. The number of rotatable bonds is 7. The Kier molecular flexibility index (Phi) is 4.63. The predicted octanol–water partition coefficient (Wildman–Crippen LogP) is 2.98. The van der Waals surface area contributed by atoms with Gasteiger partial charge >= 0.3 is 0 Å². The van der Waals surface area contributed by atoms with Crippen molar-refractivity contribution in [3.8, 4) is 0 Å². The van der Waals surface area contributed by atoms with Crippen LogP contribution >= 0.6 is 0 Å². The molecule has 1 aromatic carbocycles. The Morgan fingerprint density at radius 3 is 2.38 bits per heavy atom. The van der Waals surface area contributed by atoms with Crippen molar-refractivity contribution < 1.29 is 4.79 Å². The summed E-state index contributed by atoms with van der Waals surface area (Å²) in [5, 5.41) is 0. The van der Waals surface area contributed by atoms with Crippen LogP contribution in [0, 0.1) is 0 Å². The second-order valence-electron chi connectivity index (χ2n) is 5.84. The molecule has 1 aliphatic heterocycles. The van der Waals surface area contributed by atoms with Crippen LogP contribution in [0.4, 0.5) is 5.69 Å². The van der Waals surface area contributed by atoms with Crippen LogP contribution in [0.1, 0.15) is 18.4 Å². The van der Waals surface area contributed by atoms with Crippen molar-refractivity contribution in [1.82, 2.24) is 4.90 Å². The van der Waals surface area contributed by atoms with E-state index in [1.165, 1.54) is 0 Å². The standard InChI is InChI=1S/C18H24N2O/c1-5-11-18(12-6-2)15-9-7-8-10-16(15)20(17(18)21)14-13-19(3)4/h5-10H,1-2,11-14H2,3-4H3. The Morgan fingerprint density at radius 1 is 1.19 bits per heavy atom. The molecule has 0 aromatic heterocycles. The van der Waals surface area contributed by atoms with Gasteiger partial charge in [-0.05, 0) is 38.6 Å². The van der Waals surface area contributed by atoms with Gasteiger partial charge in [0.1, 0.15) is 0 Å². The van der Waals surface area contributed by atoms with Crippen LogP contribution < -0.4 is 4.90 Å². The number of hydrogen-bond acceptors (Lipinski definition) is 2. The van der Waals surface area contributed by atoms with Gasteiger partial charge in [0.05, 0.1) is 5.41 Å². The molecule has 3 heteroatoms. The van der Waals surface area contributed by atoms with Gasteiger partial charge < -0.3 is 9.80 Å². The summed E-state index contributed by atoms with van der Waals surface area (Å²) < 4.78 is 0. The number of anilines is 1. The van der Waals surface area contributed by atoms with Crippen molar-refractivity contribution in [2.24, 2.45) is 0 Å². The van der Waals surface area contributed by atoms with Gasteiger partial charge in [-0.3, -0.25) is 4.79 Å². The van der Waals surface area contributed by atoms with Crippen molar-refractivity contribution in [1.29, 1.82) is 0 Å². The number of benzene rings is 1. The van der Waals surface area contributed by atoms with Crippen LogP contribution in [-0.2, 0) is 10.2 Å². The molecular weight excluding hydrogens is 260 g/mol. The van der Waals surface area contributed by atoms with Gasteiger partial charge in [-0.25, -0.2) is 0 Å². The highest BCUT2D eigenvalue weighted by Gasteiger charge is 2.48. The van der Waals surface area contributed by atoms with Gasteiger partial charge in [0.25, 0.3) is 0 Å². The lowest BCUT2D eigenvalue weighted by molar-refractivity contribution is -0.123. The molecule has 1 heterocycles. The van der Waals surface area contributed by atoms with E-state index in [-0.39, 0.29) is 5.91 Å². The Labute approximate surface area is 127 Å². The van der Waals surface area contributed by atoms with E-state index in [0.717, 1.165) is 17.8 Å². The monoisotopic (exact) mass is 284 g/mol. The number of carbonyl (C=O) groups excluding carboxylic acids is 1. The minimum Gasteiger partial charge on any atom is -0.310 e. The van der Waals surface area contributed by atoms with E-state index in [4.69, 9.17) is 0 Å². The van der Waals surface area contributed by atoms with E-state index in [1.54, 1.807) is 0 Å². The molecule has 0 atom stereocenters. The summed E-state index contributed by atoms with van der Waals surface area (Å²) in [6, 6.07) is 8.10. The third-order valence-electron chi connectivity index (χ3n) is 4.12. The van der Waals surface area contributed by atoms with Crippen molar-refractivity contribution in [3.05, 3.63) is 55.1 Å². The minimum absolute atomic E-state index is 0.172. The molecule has 0 spiro atoms. The molecule has 0 radical (unpaired) electrons. The lowest BCUT2D eigenvalue weighted by Crippen LogP contribution is -2.42. The highest BCUT2D eigenvalue weighted by Crippen LogP contribution is 2.46. The van der Waals surface area contributed by atoms with Crippen molar-refractivity contribution in [2.45, 2.75) is 18.3 Å². The average molecular weight is 284 g/mol. The largest absolute Gasteiger partial charge is 0.310 e. The molecule has 2 rings (SSSR count). The van der Waals surface area contributed by atoms with Gasteiger partial charge in [-0.1, -0.05) is 30.4 Å². The quantitative estimate of drug-likeness (QED) is 0.719. The Hall–Kier alpha value is -1.87. The number of hydrogen-bond donors (Lipinski definition) is 0. The third-order valence-corrected chi connectivity index (χ3v) is 4.12. The average Bonchev–Trinajstić information content (AvgIpc) is 2.68. The summed E-state index contributed by atoms with van der Waals surface area (Å²) in [6.07, 6.45) is 4.97. The first-order valence-corrected chi connectivity index (χ1v) is 7.35. The smallest absolute Gasteiger partial charge is 0.238 e. The molecule has 0 N–H and O–H groups in total. The first kappa shape index (κ1) is 15.5. The number of nitrogens with zero attached hydrogens (tertiary/aromatic N) is 2. The maximum absolute atomic E-state index is 13.1. The highest BCUT2D eigenvalue weighted by molar-refractivity contribution is 6.08. The SMILES string of the molecule is C=CCC1(CC=C)C(=O)N(CCN(C)C)c2ccccc21. The Morgan fingerprint density at radius 2 is 1.81 bits per heavy atom. The summed E-state index contributed by atoms with van der Waals surface area (Å²) in [4.78, 5) is 17.1. The number of allylic oxidation sites excluding steroid dienone is 2. The molecule has 112 valence electrons. The van der Waals surface area contributed by atoms with Crippen molar-refractivity contribution in [3.63, 3.8) is 0 Å². The summed E-state index contributed by atoms with van der Waals surface area (Å²) in [6.45, 7) is 9.24. The van der Waals surface area contributed by atoms with Crippen molar-refractivity contribution in [2.75, 3.05) is 32.1 Å². The number of likely N-dealkylation sites (N-methyl/N-ethyl adjacent to an activating group) is 1. The molecule has 0 bridgehead atoms. The summed E-state index contributed by atoms with van der Waals surface area (Å²) in [7, 11) is 4.04. The molecule has 0 saturated heterocycles. The summed E-state index contributed by atoms with van der Waals surface area (Å²) in [5.74, 6) is 0.172. The fourth-order valence-corrected chi connectivity index (χ4v) is 3.09. The molecule has 1 aliphatic rings. The fourth-order valence-electron chi connectivity index (χ4n) is 3.09. The van der Waals surface area contributed by atoms with Crippen LogP contribution in [-0.4, -0.2) is 38.0 Å². The van der Waals surface area contributed by atoms with E-state index in [0.29, 0.717) is 19.4 Å². The minimum atomic E-state index is -0.521. The van der Waals surface area contributed by atoms with E-state index < -0.39 is 5.41 Å².